The highest BCUT2D eigenvalue weighted by Gasteiger charge is 2.29. The smallest absolute Gasteiger partial charge is 0.0646 e. The summed E-state index contributed by atoms with van der Waals surface area (Å²) < 4.78 is 0. The number of rotatable bonds is 7. The summed E-state index contributed by atoms with van der Waals surface area (Å²) in [5, 5.41) is 19.8. The Labute approximate surface area is 88.3 Å². The lowest BCUT2D eigenvalue weighted by Crippen LogP contribution is -2.35. The SMILES string of the molecule is CCCC(O)CC(CC)C(C)(O)CC. The maximum Gasteiger partial charge on any atom is 0.0646 e. The molecule has 0 heterocycles. The molecule has 2 nitrogen and oxygen atoms in total. The molecule has 2 heteroatoms. The van der Waals surface area contributed by atoms with Gasteiger partial charge in [-0.15, -0.1) is 0 Å². The standard InChI is InChI=1S/C12H26O2/c1-5-8-11(13)9-10(6-2)12(4,14)7-3/h10-11,13-14H,5-9H2,1-4H3. The van der Waals surface area contributed by atoms with Gasteiger partial charge in [-0.25, -0.2) is 0 Å². The van der Waals surface area contributed by atoms with Crippen LogP contribution in [0.1, 0.15) is 59.8 Å². The first-order valence-electron chi connectivity index (χ1n) is 5.88. The van der Waals surface area contributed by atoms with E-state index in [4.69, 9.17) is 0 Å². The molecule has 2 N–H and O–H groups in total. The Morgan fingerprint density at radius 2 is 1.79 bits per heavy atom. The van der Waals surface area contributed by atoms with E-state index in [-0.39, 0.29) is 12.0 Å². The molecule has 0 saturated carbocycles. The zero-order chi connectivity index (χ0) is 11.2. The molecule has 0 amide bonds. The van der Waals surface area contributed by atoms with Crippen molar-refractivity contribution in [2.24, 2.45) is 5.92 Å². The van der Waals surface area contributed by atoms with Crippen molar-refractivity contribution in [1.29, 1.82) is 0 Å². The Morgan fingerprint density at radius 3 is 2.14 bits per heavy atom. The molecule has 0 radical (unpaired) electrons. The van der Waals surface area contributed by atoms with E-state index >= 15 is 0 Å². The van der Waals surface area contributed by atoms with E-state index in [2.05, 4.69) is 13.8 Å². The third-order valence-corrected chi connectivity index (χ3v) is 3.27. The monoisotopic (exact) mass is 202 g/mol. The molecule has 0 aromatic heterocycles. The van der Waals surface area contributed by atoms with Crippen molar-refractivity contribution in [2.75, 3.05) is 0 Å². The van der Waals surface area contributed by atoms with Gasteiger partial charge < -0.3 is 10.2 Å². The lowest BCUT2D eigenvalue weighted by Gasteiger charge is -2.32. The maximum absolute atomic E-state index is 10.1. The van der Waals surface area contributed by atoms with Gasteiger partial charge in [-0.1, -0.05) is 33.6 Å². The maximum atomic E-state index is 10.1. The largest absolute Gasteiger partial charge is 0.393 e. The van der Waals surface area contributed by atoms with Crippen molar-refractivity contribution in [3.63, 3.8) is 0 Å². The highest BCUT2D eigenvalue weighted by molar-refractivity contribution is 4.81. The van der Waals surface area contributed by atoms with Crippen molar-refractivity contribution >= 4 is 0 Å². The molecule has 3 atom stereocenters. The van der Waals surface area contributed by atoms with Gasteiger partial charge in [0, 0.05) is 0 Å². The van der Waals surface area contributed by atoms with Crippen LogP contribution in [0.15, 0.2) is 0 Å². The Morgan fingerprint density at radius 1 is 1.21 bits per heavy atom. The molecular weight excluding hydrogens is 176 g/mol. The zero-order valence-electron chi connectivity index (χ0n) is 10.1. The van der Waals surface area contributed by atoms with Crippen LogP contribution in [0, 0.1) is 5.92 Å². The van der Waals surface area contributed by atoms with E-state index in [9.17, 15) is 10.2 Å². The molecule has 86 valence electrons. The van der Waals surface area contributed by atoms with Crippen LogP contribution in [-0.4, -0.2) is 21.9 Å². The number of aliphatic hydroxyl groups excluding tert-OH is 1. The number of hydrogen-bond acceptors (Lipinski definition) is 2. The quantitative estimate of drug-likeness (QED) is 0.666. The van der Waals surface area contributed by atoms with E-state index in [1.165, 1.54) is 0 Å². The van der Waals surface area contributed by atoms with Gasteiger partial charge in [0.2, 0.25) is 0 Å². The van der Waals surface area contributed by atoms with E-state index in [1.54, 1.807) is 0 Å². The fraction of sp³-hybridized carbons (Fsp3) is 1.00. The lowest BCUT2D eigenvalue weighted by molar-refractivity contribution is -0.0281. The normalized spacial score (nSPS) is 20.1. The van der Waals surface area contributed by atoms with Crippen LogP contribution in [0.5, 0.6) is 0 Å². The Kier molecular flexibility index (Phi) is 6.38. The molecule has 0 rings (SSSR count). The van der Waals surface area contributed by atoms with Gasteiger partial charge in [0.15, 0.2) is 0 Å². The van der Waals surface area contributed by atoms with E-state index < -0.39 is 5.60 Å². The summed E-state index contributed by atoms with van der Waals surface area (Å²) in [4.78, 5) is 0. The summed E-state index contributed by atoms with van der Waals surface area (Å²) in [5.41, 5.74) is -0.622. The molecule has 0 aromatic carbocycles. The third kappa shape index (κ3) is 4.43. The Balaban J connectivity index is 4.14. The fourth-order valence-electron chi connectivity index (χ4n) is 1.93. The zero-order valence-corrected chi connectivity index (χ0v) is 10.1. The van der Waals surface area contributed by atoms with Crippen LogP contribution >= 0.6 is 0 Å². The van der Waals surface area contributed by atoms with Gasteiger partial charge in [-0.05, 0) is 32.1 Å². The summed E-state index contributed by atoms with van der Waals surface area (Å²) in [7, 11) is 0. The second-order valence-corrected chi connectivity index (χ2v) is 4.49. The Hall–Kier alpha value is -0.0800. The first-order valence-corrected chi connectivity index (χ1v) is 5.88. The minimum Gasteiger partial charge on any atom is -0.393 e. The Bertz CT molecular complexity index is 143. The molecule has 0 aromatic rings. The highest BCUT2D eigenvalue weighted by Crippen LogP contribution is 2.28. The summed E-state index contributed by atoms with van der Waals surface area (Å²) in [6.45, 7) is 8.02. The predicted octanol–water partition coefficient (Wildman–Crippen LogP) is 2.72. The molecule has 14 heavy (non-hydrogen) atoms. The summed E-state index contributed by atoms with van der Waals surface area (Å²) in [6.07, 6.45) is 4.02. The van der Waals surface area contributed by atoms with Crippen LogP contribution in [0.3, 0.4) is 0 Å². The van der Waals surface area contributed by atoms with Gasteiger partial charge in [0.1, 0.15) is 0 Å². The van der Waals surface area contributed by atoms with Gasteiger partial charge in [-0.3, -0.25) is 0 Å². The summed E-state index contributed by atoms with van der Waals surface area (Å²) in [6, 6.07) is 0. The van der Waals surface area contributed by atoms with Crippen molar-refractivity contribution in [2.45, 2.75) is 71.5 Å². The van der Waals surface area contributed by atoms with Gasteiger partial charge in [-0.2, -0.15) is 0 Å². The molecule has 0 bridgehead atoms. The van der Waals surface area contributed by atoms with Crippen molar-refractivity contribution in [3.8, 4) is 0 Å². The van der Waals surface area contributed by atoms with Crippen LogP contribution in [0.4, 0.5) is 0 Å². The minimum absolute atomic E-state index is 0.217. The number of hydrogen-bond donors (Lipinski definition) is 2. The van der Waals surface area contributed by atoms with Gasteiger partial charge in [0.05, 0.1) is 11.7 Å². The van der Waals surface area contributed by atoms with Crippen LogP contribution in [0.25, 0.3) is 0 Å². The van der Waals surface area contributed by atoms with Crippen molar-refractivity contribution in [3.05, 3.63) is 0 Å². The molecular formula is C12H26O2. The van der Waals surface area contributed by atoms with Crippen molar-refractivity contribution in [1.82, 2.24) is 0 Å². The van der Waals surface area contributed by atoms with Crippen LogP contribution in [-0.2, 0) is 0 Å². The molecule has 0 saturated heterocycles. The molecule has 0 aliphatic carbocycles. The molecule has 3 unspecified atom stereocenters. The van der Waals surface area contributed by atoms with E-state index in [0.717, 1.165) is 32.1 Å². The lowest BCUT2D eigenvalue weighted by atomic mass is 9.80. The molecule has 0 aliphatic heterocycles. The van der Waals surface area contributed by atoms with Crippen LogP contribution < -0.4 is 0 Å². The first-order chi connectivity index (χ1) is 6.47. The average Bonchev–Trinajstić information content (AvgIpc) is 2.14. The second-order valence-electron chi connectivity index (χ2n) is 4.49. The fourth-order valence-corrected chi connectivity index (χ4v) is 1.93. The second kappa shape index (κ2) is 6.41. The van der Waals surface area contributed by atoms with Gasteiger partial charge in [0.25, 0.3) is 0 Å². The minimum atomic E-state index is -0.622. The molecule has 0 spiro atoms. The van der Waals surface area contributed by atoms with E-state index in [1.807, 2.05) is 13.8 Å². The predicted molar refractivity (Wildman–Crippen MR) is 60.2 cm³/mol. The topological polar surface area (TPSA) is 40.5 Å². The first kappa shape index (κ1) is 13.9. The summed E-state index contributed by atoms with van der Waals surface area (Å²) in [5.74, 6) is 0.217. The summed E-state index contributed by atoms with van der Waals surface area (Å²) >= 11 is 0. The van der Waals surface area contributed by atoms with Gasteiger partial charge >= 0.3 is 0 Å². The van der Waals surface area contributed by atoms with Crippen LogP contribution in [0.2, 0.25) is 0 Å². The molecule has 0 aliphatic rings. The average molecular weight is 202 g/mol. The number of aliphatic hydroxyl groups is 2. The van der Waals surface area contributed by atoms with Crippen molar-refractivity contribution < 1.29 is 10.2 Å². The third-order valence-electron chi connectivity index (χ3n) is 3.27. The highest BCUT2D eigenvalue weighted by atomic mass is 16.3. The van der Waals surface area contributed by atoms with E-state index in [0.29, 0.717) is 0 Å². The molecule has 0 fully saturated rings.